The number of carbonyl (C=O) groups is 1. The van der Waals surface area contributed by atoms with Gasteiger partial charge in [-0.3, -0.25) is 4.90 Å². The maximum Gasteiger partial charge on any atom is 0.411 e. The number of hydrogen-bond acceptors (Lipinski definition) is 3. The van der Waals surface area contributed by atoms with Gasteiger partial charge >= 0.3 is 6.09 Å². The standard InChI is InChI=1S/C20H24N2O3/c1-19-17-14(15-12-13(24-2)6-7-16(15)21-17)8-11-22(19)18(23)25-20(19)9-4-3-5-10-20/h6-7,12,21H,3-5,8-11H2,1-2H3/t19-/m0/s1. The summed E-state index contributed by atoms with van der Waals surface area (Å²) in [7, 11) is 1.70. The third-order valence-corrected chi connectivity index (χ3v) is 6.78. The number of ether oxygens (including phenoxy) is 2. The molecule has 2 aliphatic heterocycles. The van der Waals surface area contributed by atoms with E-state index >= 15 is 0 Å². The number of hydrogen-bond donors (Lipinski definition) is 1. The molecule has 0 bridgehead atoms. The van der Waals surface area contributed by atoms with E-state index in [-0.39, 0.29) is 6.09 Å². The van der Waals surface area contributed by atoms with E-state index in [1.165, 1.54) is 17.4 Å². The van der Waals surface area contributed by atoms with Crippen LogP contribution in [0.25, 0.3) is 10.9 Å². The molecule has 1 aliphatic carbocycles. The summed E-state index contributed by atoms with van der Waals surface area (Å²) in [6, 6.07) is 6.16. The number of benzene rings is 1. The highest BCUT2D eigenvalue weighted by Gasteiger charge is 2.65. The molecule has 5 nitrogen and oxygen atoms in total. The topological polar surface area (TPSA) is 54.6 Å². The molecule has 2 fully saturated rings. The molecule has 25 heavy (non-hydrogen) atoms. The number of fused-ring (bicyclic) bond motifs is 6. The van der Waals surface area contributed by atoms with Crippen molar-refractivity contribution in [3.63, 3.8) is 0 Å². The van der Waals surface area contributed by atoms with Crippen LogP contribution in [0, 0.1) is 0 Å². The Morgan fingerprint density at radius 3 is 2.80 bits per heavy atom. The number of carbonyl (C=O) groups excluding carboxylic acids is 1. The molecule has 0 unspecified atom stereocenters. The minimum atomic E-state index is -0.412. The van der Waals surface area contributed by atoms with E-state index in [1.54, 1.807) is 7.11 Å². The molecular weight excluding hydrogens is 316 g/mol. The maximum absolute atomic E-state index is 12.7. The summed E-state index contributed by atoms with van der Waals surface area (Å²) >= 11 is 0. The monoisotopic (exact) mass is 340 g/mol. The first-order chi connectivity index (χ1) is 12.1. The molecule has 1 spiro atoms. The Hall–Kier alpha value is -2.17. The molecule has 1 aromatic carbocycles. The lowest BCUT2D eigenvalue weighted by Crippen LogP contribution is -2.57. The van der Waals surface area contributed by atoms with Crippen LogP contribution >= 0.6 is 0 Å². The fraction of sp³-hybridized carbons (Fsp3) is 0.550. The molecule has 1 atom stereocenters. The van der Waals surface area contributed by atoms with Crippen molar-refractivity contribution in [3.8, 4) is 5.75 Å². The normalized spacial score (nSPS) is 27.3. The van der Waals surface area contributed by atoms with Gasteiger partial charge in [-0.05, 0) is 62.8 Å². The Balaban J connectivity index is 1.74. The number of nitrogens with zero attached hydrogens (tertiary/aromatic N) is 1. The Kier molecular flexibility index (Phi) is 2.98. The van der Waals surface area contributed by atoms with E-state index in [9.17, 15) is 4.79 Å². The second-order valence-corrected chi connectivity index (χ2v) is 7.79. The van der Waals surface area contributed by atoms with Crippen LogP contribution in [0.3, 0.4) is 0 Å². The van der Waals surface area contributed by atoms with Crippen LogP contribution < -0.4 is 4.74 Å². The summed E-state index contributed by atoms with van der Waals surface area (Å²) in [5, 5.41) is 1.21. The van der Waals surface area contributed by atoms with Crippen LogP contribution in [-0.4, -0.2) is 35.2 Å². The Labute approximate surface area is 147 Å². The predicted octanol–water partition coefficient (Wildman–Crippen LogP) is 4.10. The number of H-pyrrole nitrogens is 1. The quantitative estimate of drug-likeness (QED) is 0.850. The van der Waals surface area contributed by atoms with Crippen molar-refractivity contribution in [2.24, 2.45) is 0 Å². The van der Waals surface area contributed by atoms with E-state index in [0.717, 1.165) is 49.1 Å². The number of amides is 1. The molecule has 1 amide bonds. The van der Waals surface area contributed by atoms with Crippen molar-refractivity contribution in [2.45, 2.75) is 56.6 Å². The van der Waals surface area contributed by atoms with Crippen LogP contribution in [0.4, 0.5) is 4.79 Å². The average molecular weight is 340 g/mol. The molecule has 0 radical (unpaired) electrons. The van der Waals surface area contributed by atoms with Crippen molar-refractivity contribution in [2.75, 3.05) is 13.7 Å². The zero-order chi connectivity index (χ0) is 17.2. The smallest absolute Gasteiger partial charge is 0.411 e. The number of aromatic amines is 1. The third kappa shape index (κ3) is 1.76. The molecule has 3 heterocycles. The summed E-state index contributed by atoms with van der Waals surface area (Å²) in [4.78, 5) is 18.3. The zero-order valence-electron chi connectivity index (χ0n) is 14.9. The number of aromatic nitrogens is 1. The lowest BCUT2D eigenvalue weighted by Gasteiger charge is -2.47. The van der Waals surface area contributed by atoms with Gasteiger partial charge in [0.25, 0.3) is 0 Å². The van der Waals surface area contributed by atoms with Gasteiger partial charge in [-0.15, -0.1) is 0 Å². The van der Waals surface area contributed by atoms with Crippen LogP contribution in [-0.2, 0) is 16.7 Å². The lowest BCUT2D eigenvalue weighted by molar-refractivity contribution is -0.0451. The summed E-state index contributed by atoms with van der Waals surface area (Å²) in [6.07, 6.45) is 6.08. The van der Waals surface area contributed by atoms with Gasteiger partial charge in [0, 0.05) is 23.1 Å². The third-order valence-electron chi connectivity index (χ3n) is 6.78. The van der Waals surface area contributed by atoms with Crippen molar-refractivity contribution < 1.29 is 14.3 Å². The van der Waals surface area contributed by atoms with E-state index < -0.39 is 11.1 Å². The highest BCUT2D eigenvalue weighted by Crippen LogP contribution is 2.56. The summed E-state index contributed by atoms with van der Waals surface area (Å²) in [5.41, 5.74) is 2.78. The minimum Gasteiger partial charge on any atom is -0.497 e. The summed E-state index contributed by atoms with van der Waals surface area (Å²) < 4.78 is 11.5. The first kappa shape index (κ1) is 15.1. The summed E-state index contributed by atoms with van der Waals surface area (Å²) in [5.74, 6) is 0.869. The first-order valence-electron chi connectivity index (χ1n) is 9.29. The van der Waals surface area contributed by atoms with Gasteiger partial charge in [0.15, 0.2) is 0 Å². The SMILES string of the molecule is COc1ccc2[nH]c3c(c2c1)CCN1C(=O)OC2(CCCCC2)[C@]31C. The number of nitrogens with one attached hydrogen (secondary N) is 1. The summed E-state index contributed by atoms with van der Waals surface area (Å²) in [6.45, 7) is 2.92. The second kappa shape index (κ2) is 4.93. The highest BCUT2D eigenvalue weighted by atomic mass is 16.6. The van der Waals surface area contributed by atoms with E-state index in [0.29, 0.717) is 6.54 Å². The molecule has 5 heteroatoms. The molecule has 2 aromatic rings. The maximum atomic E-state index is 12.7. The minimum absolute atomic E-state index is 0.147. The largest absolute Gasteiger partial charge is 0.497 e. The van der Waals surface area contributed by atoms with Crippen molar-refractivity contribution >= 4 is 17.0 Å². The van der Waals surface area contributed by atoms with Gasteiger partial charge in [-0.1, -0.05) is 6.42 Å². The second-order valence-electron chi connectivity index (χ2n) is 7.79. The van der Waals surface area contributed by atoms with Crippen molar-refractivity contribution in [3.05, 3.63) is 29.5 Å². The van der Waals surface area contributed by atoms with E-state index in [2.05, 4.69) is 24.0 Å². The fourth-order valence-electron chi connectivity index (χ4n) is 5.39. The van der Waals surface area contributed by atoms with Gasteiger partial charge in [0.05, 0.1) is 7.11 Å². The predicted molar refractivity (Wildman–Crippen MR) is 94.9 cm³/mol. The van der Waals surface area contributed by atoms with Gasteiger partial charge in [0.1, 0.15) is 16.9 Å². The Morgan fingerprint density at radius 1 is 1.24 bits per heavy atom. The van der Waals surface area contributed by atoms with Crippen molar-refractivity contribution in [1.29, 1.82) is 0 Å². The molecule has 132 valence electrons. The van der Waals surface area contributed by atoms with E-state index in [1.807, 2.05) is 11.0 Å². The van der Waals surface area contributed by atoms with Crippen LogP contribution in [0.15, 0.2) is 18.2 Å². The van der Waals surface area contributed by atoms with Gasteiger partial charge in [-0.25, -0.2) is 4.79 Å². The van der Waals surface area contributed by atoms with Gasteiger partial charge in [0.2, 0.25) is 0 Å². The van der Waals surface area contributed by atoms with Crippen LogP contribution in [0.1, 0.15) is 50.3 Å². The highest BCUT2D eigenvalue weighted by molar-refractivity contribution is 5.88. The number of methoxy groups -OCH3 is 1. The molecule has 5 rings (SSSR count). The zero-order valence-corrected chi connectivity index (χ0v) is 14.9. The first-order valence-corrected chi connectivity index (χ1v) is 9.29. The molecule has 1 saturated carbocycles. The van der Waals surface area contributed by atoms with Gasteiger partial charge < -0.3 is 14.5 Å². The molecular formula is C20H24N2O3. The number of rotatable bonds is 1. The molecule has 3 aliphatic rings. The molecule has 1 aromatic heterocycles. The Morgan fingerprint density at radius 2 is 2.04 bits per heavy atom. The van der Waals surface area contributed by atoms with Gasteiger partial charge in [-0.2, -0.15) is 0 Å². The van der Waals surface area contributed by atoms with Crippen molar-refractivity contribution in [1.82, 2.24) is 9.88 Å². The average Bonchev–Trinajstić information content (AvgIpc) is 3.10. The van der Waals surface area contributed by atoms with Crippen LogP contribution in [0.2, 0.25) is 0 Å². The van der Waals surface area contributed by atoms with Crippen LogP contribution in [0.5, 0.6) is 5.75 Å². The fourth-order valence-corrected chi connectivity index (χ4v) is 5.39. The Bertz CT molecular complexity index is 865. The molecule has 1 N–H and O–H groups in total. The molecule has 1 saturated heterocycles. The lowest BCUT2D eigenvalue weighted by atomic mass is 9.67. The van der Waals surface area contributed by atoms with E-state index in [4.69, 9.17) is 9.47 Å².